The lowest BCUT2D eigenvalue weighted by Gasteiger charge is -2.27. The predicted molar refractivity (Wildman–Crippen MR) is 80.5 cm³/mol. The number of ether oxygens (including phenoxy) is 1. The molecule has 1 aliphatic carbocycles. The highest BCUT2D eigenvalue weighted by atomic mass is 32.2. The monoisotopic (exact) mass is 285 g/mol. The Morgan fingerprint density at radius 3 is 2.63 bits per heavy atom. The maximum Gasteiger partial charge on any atom is 0.248 e. The summed E-state index contributed by atoms with van der Waals surface area (Å²) < 4.78 is 5.78. The molecule has 1 atom stereocenters. The molecule has 1 amide bonds. The maximum atomic E-state index is 12.0. The fourth-order valence-electron chi connectivity index (χ4n) is 2.89. The van der Waals surface area contributed by atoms with Gasteiger partial charge in [-0.1, -0.05) is 6.92 Å². The van der Waals surface area contributed by atoms with Crippen LogP contribution in [0.4, 0.5) is 0 Å². The largest absolute Gasteiger partial charge is 0.368 e. The number of nitrogens with zero attached hydrogens (tertiary/aromatic N) is 1. The lowest BCUT2D eigenvalue weighted by molar-refractivity contribution is -0.137. The van der Waals surface area contributed by atoms with Crippen LogP contribution in [0, 0.1) is 5.92 Å². The molecular formula is C15H27NO2S. The molecule has 2 aliphatic rings. The Bertz CT molecular complexity index is 284. The van der Waals surface area contributed by atoms with E-state index < -0.39 is 0 Å². The quantitative estimate of drug-likeness (QED) is 0.778. The van der Waals surface area contributed by atoms with Crippen molar-refractivity contribution in [3.8, 4) is 0 Å². The topological polar surface area (TPSA) is 29.5 Å². The normalized spacial score (nSPS) is 31.4. The third-order valence-corrected chi connectivity index (χ3v) is 5.71. The number of likely N-dealkylation sites (N-methyl/N-ethyl adjacent to an activating group) is 1. The van der Waals surface area contributed by atoms with Crippen LogP contribution in [-0.2, 0) is 9.53 Å². The molecule has 4 heteroatoms. The van der Waals surface area contributed by atoms with E-state index in [9.17, 15) is 4.79 Å². The van der Waals surface area contributed by atoms with Crippen LogP contribution < -0.4 is 0 Å². The number of amides is 1. The second-order valence-corrected chi connectivity index (χ2v) is 7.51. The van der Waals surface area contributed by atoms with E-state index in [0.29, 0.717) is 11.4 Å². The van der Waals surface area contributed by atoms with E-state index in [1.165, 1.54) is 31.4 Å². The molecule has 0 radical (unpaired) electrons. The lowest BCUT2D eigenvalue weighted by Crippen LogP contribution is -2.36. The van der Waals surface area contributed by atoms with E-state index in [0.717, 1.165) is 25.3 Å². The van der Waals surface area contributed by atoms with E-state index in [1.807, 2.05) is 23.7 Å². The molecule has 0 aromatic heterocycles. The van der Waals surface area contributed by atoms with E-state index in [4.69, 9.17) is 4.74 Å². The number of carbonyl (C=O) groups is 1. The van der Waals surface area contributed by atoms with Gasteiger partial charge in [0.25, 0.3) is 0 Å². The van der Waals surface area contributed by atoms with E-state index >= 15 is 0 Å². The summed E-state index contributed by atoms with van der Waals surface area (Å²) in [5.41, 5.74) is 0. The van der Waals surface area contributed by atoms with Crippen molar-refractivity contribution in [3.63, 3.8) is 0 Å². The van der Waals surface area contributed by atoms with Crippen molar-refractivity contribution in [3.05, 3.63) is 0 Å². The second kappa shape index (κ2) is 7.53. The summed E-state index contributed by atoms with van der Waals surface area (Å²) in [4.78, 5) is 13.9. The third-order valence-electron chi connectivity index (χ3n) is 4.33. The summed E-state index contributed by atoms with van der Waals surface area (Å²) in [7, 11) is 1.91. The molecule has 110 valence electrons. The Labute approximate surface area is 121 Å². The summed E-state index contributed by atoms with van der Waals surface area (Å²) in [5.74, 6) is 2.23. The molecular weight excluding hydrogens is 258 g/mol. The molecule has 2 rings (SSSR count). The molecule has 1 heterocycles. The van der Waals surface area contributed by atoms with Crippen LogP contribution in [0.3, 0.4) is 0 Å². The average Bonchev–Trinajstić information content (AvgIpc) is 2.90. The lowest BCUT2D eigenvalue weighted by atomic mass is 9.89. The van der Waals surface area contributed by atoms with Gasteiger partial charge < -0.3 is 9.64 Å². The third kappa shape index (κ3) is 4.99. The highest BCUT2D eigenvalue weighted by Gasteiger charge is 2.22. The van der Waals surface area contributed by atoms with Gasteiger partial charge in [0, 0.05) is 18.8 Å². The first-order valence-electron chi connectivity index (χ1n) is 7.62. The van der Waals surface area contributed by atoms with Crippen LogP contribution in [0.5, 0.6) is 0 Å². The Kier molecular flexibility index (Phi) is 6.02. The van der Waals surface area contributed by atoms with E-state index in [2.05, 4.69) is 6.92 Å². The second-order valence-electron chi connectivity index (χ2n) is 6.10. The first-order valence-corrected chi connectivity index (χ1v) is 8.67. The van der Waals surface area contributed by atoms with E-state index in [1.54, 1.807) is 0 Å². The van der Waals surface area contributed by atoms with Crippen LogP contribution in [0.15, 0.2) is 0 Å². The number of rotatable bonds is 5. The van der Waals surface area contributed by atoms with Gasteiger partial charge in [-0.25, -0.2) is 0 Å². The fourth-order valence-corrected chi connectivity index (χ4v) is 4.22. The summed E-state index contributed by atoms with van der Waals surface area (Å²) in [5, 5.41) is 0.643. The molecule has 0 bridgehead atoms. The van der Waals surface area contributed by atoms with Crippen LogP contribution >= 0.6 is 11.8 Å². The number of hydrogen-bond acceptors (Lipinski definition) is 3. The molecule has 1 unspecified atom stereocenters. The minimum absolute atomic E-state index is 0.145. The van der Waals surface area contributed by atoms with Crippen LogP contribution in [0.1, 0.15) is 45.4 Å². The Morgan fingerprint density at radius 1 is 1.26 bits per heavy atom. The zero-order chi connectivity index (χ0) is 13.7. The average molecular weight is 285 g/mol. The zero-order valence-corrected chi connectivity index (χ0v) is 13.1. The van der Waals surface area contributed by atoms with Crippen LogP contribution in [-0.4, -0.2) is 48.1 Å². The SMILES string of the molecule is CC1CCC(OCC(=O)N(C)CC2CCCS2)CC1. The van der Waals surface area contributed by atoms with Gasteiger partial charge in [-0.2, -0.15) is 11.8 Å². The van der Waals surface area contributed by atoms with Crippen molar-refractivity contribution in [2.24, 2.45) is 5.92 Å². The molecule has 3 nitrogen and oxygen atoms in total. The van der Waals surface area contributed by atoms with Crippen molar-refractivity contribution < 1.29 is 9.53 Å². The molecule has 0 aromatic rings. The van der Waals surface area contributed by atoms with Crippen molar-refractivity contribution in [2.75, 3.05) is 26.0 Å². The fraction of sp³-hybridized carbons (Fsp3) is 0.933. The number of carbonyl (C=O) groups excluding carboxylic acids is 1. The van der Waals surface area contributed by atoms with Crippen LogP contribution in [0.25, 0.3) is 0 Å². The van der Waals surface area contributed by atoms with Gasteiger partial charge >= 0.3 is 0 Å². The van der Waals surface area contributed by atoms with Gasteiger partial charge in [-0.3, -0.25) is 4.79 Å². The van der Waals surface area contributed by atoms with Crippen molar-refractivity contribution in [2.45, 2.75) is 56.8 Å². The first kappa shape index (κ1) is 15.2. The number of hydrogen-bond donors (Lipinski definition) is 0. The van der Waals surface area contributed by atoms with Gasteiger partial charge in [-0.15, -0.1) is 0 Å². The Hall–Kier alpha value is -0.220. The van der Waals surface area contributed by atoms with E-state index in [-0.39, 0.29) is 12.5 Å². The summed E-state index contributed by atoms with van der Waals surface area (Å²) >= 11 is 2.00. The van der Waals surface area contributed by atoms with Crippen molar-refractivity contribution >= 4 is 17.7 Å². The predicted octanol–water partition coefficient (Wildman–Crippen LogP) is 2.94. The Morgan fingerprint density at radius 2 is 2.00 bits per heavy atom. The summed E-state index contributed by atoms with van der Waals surface area (Å²) in [6, 6.07) is 0. The molecule has 1 saturated heterocycles. The Balaban J connectivity index is 1.62. The van der Waals surface area contributed by atoms with Gasteiger partial charge in [0.2, 0.25) is 5.91 Å². The molecule has 1 aliphatic heterocycles. The van der Waals surface area contributed by atoms with Crippen molar-refractivity contribution in [1.29, 1.82) is 0 Å². The molecule has 19 heavy (non-hydrogen) atoms. The van der Waals surface area contributed by atoms with Gasteiger partial charge in [0.1, 0.15) is 6.61 Å². The number of thioether (sulfide) groups is 1. The first-order chi connectivity index (χ1) is 9.15. The summed E-state index contributed by atoms with van der Waals surface area (Å²) in [6.45, 7) is 3.45. The van der Waals surface area contributed by atoms with Gasteiger partial charge in [0.15, 0.2) is 0 Å². The van der Waals surface area contributed by atoms with Gasteiger partial charge in [0.05, 0.1) is 6.10 Å². The minimum atomic E-state index is 0.145. The molecule has 2 fully saturated rings. The standard InChI is InChI=1S/C15H27NO2S/c1-12-5-7-13(8-6-12)18-11-15(17)16(2)10-14-4-3-9-19-14/h12-14H,3-11H2,1-2H3. The highest BCUT2D eigenvalue weighted by molar-refractivity contribution is 8.00. The molecule has 0 spiro atoms. The smallest absolute Gasteiger partial charge is 0.248 e. The van der Waals surface area contributed by atoms with Crippen LogP contribution in [0.2, 0.25) is 0 Å². The highest BCUT2D eigenvalue weighted by Crippen LogP contribution is 2.27. The minimum Gasteiger partial charge on any atom is -0.368 e. The van der Waals surface area contributed by atoms with Gasteiger partial charge in [-0.05, 0) is 50.2 Å². The molecule has 1 saturated carbocycles. The maximum absolute atomic E-state index is 12.0. The summed E-state index contributed by atoms with van der Waals surface area (Å²) in [6.07, 6.45) is 7.60. The molecule has 0 aromatic carbocycles. The van der Waals surface area contributed by atoms with Crippen molar-refractivity contribution in [1.82, 2.24) is 4.90 Å². The zero-order valence-electron chi connectivity index (χ0n) is 12.3. The molecule has 0 N–H and O–H groups in total.